The molecule has 0 aliphatic carbocycles. The SMILES string of the molecule is COC(=O)CCCNC(=S)N1CCN(c2cc(C)nc(C(C)C)n2)CC1. The van der Waals surface area contributed by atoms with Crippen LogP contribution in [0.4, 0.5) is 5.82 Å². The second kappa shape index (κ2) is 9.66. The summed E-state index contributed by atoms with van der Waals surface area (Å²) in [5.41, 5.74) is 1.00. The van der Waals surface area contributed by atoms with E-state index in [1.165, 1.54) is 7.11 Å². The van der Waals surface area contributed by atoms with Crippen LogP contribution in [0.5, 0.6) is 0 Å². The van der Waals surface area contributed by atoms with Gasteiger partial charge in [0, 0.05) is 56.8 Å². The standard InChI is InChI=1S/C18H29N5O2S/c1-13(2)17-20-14(3)12-15(21-17)22-8-10-23(11-9-22)18(26)19-7-5-6-16(24)25-4/h12-13H,5-11H2,1-4H3,(H,19,26). The molecule has 2 rings (SSSR count). The maximum atomic E-state index is 11.1. The largest absolute Gasteiger partial charge is 0.469 e. The van der Waals surface area contributed by atoms with Crippen molar-refractivity contribution in [2.75, 3.05) is 44.7 Å². The Hall–Kier alpha value is -1.96. The molecule has 1 aliphatic rings. The first-order valence-electron chi connectivity index (χ1n) is 9.11. The van der Waals surface area contributed by atoms with Crippen molar-refractivity contribution in [1.29, 1.82) is 0 Å². The number of carbonyl (C=O) groups is 1. The van der Waals surface area contributed by atoms with Crippen LogP contribution in [0.1, 0.15) is 44.1 Å². The Labute approximate surface area is 161 Å². The maximum Gasteiger partial charge on any atom is 0.305 e. The molecular formula is C18H29N5O2S. The Bertz CT molecular complexity index is 630. The normalized spacial score (nSPS) is 14.5. The van der Waals surface area contributed by atoms with Crippen LogP contribution in [0, 0.1) is 6.92 Å². The van der Waals surface area contributed by atoms with Gasteiger partial charge in [0.1, 0.15) is 11.6 Å². The molecule has 1 fully saturated rings. The zero-order valence-corrected chi connectivity index (χ0v) is 16.9. The highest BCUT2D eigenvalue weighted by molar-refractivity contribution is 7.80. The summed E-state index contributed by atoms with van der Waals surface area (Å²) in [5, 5.41) is 3.97. The van der Waals surface area contributed by atoms with Gasteiger partial charge in [-0.15, -0.1) is 0 Å². The molecule has 1 saturated heterocycles. The lowest BCUT2D eigenvalue weighted by molar-refractivity contribution is -0.140. The van der Waals surface area contributed by atoms with E-state index in [2.05, 4.69) is 38.7 Å². The number of thiocarbonyl (C=S) groups is 1. The summed E-state index contributed by atoms with van der Waals surface area (Å²) >= 11 is 5.47. The topological polar surface area (TPSA) is 70.6 Å². The lowest BCUT2D eigenvalue weighted by Gasteiger charge is -2.37. The molecule has 0 atom stereocenters. The van der Waals surface area contributed by atoms with Gasteiger partial charge < -0.3 is 19.9 Å². The van der Waals surface area contributed by atoms with Crippen LogP contribution in [0.25, 0.3) is 0 Å². The second-order valence-electron chi connectivity index (χ2n) is 6.77. The number of ether oxygens (including phenoxy) is 1. The molecule has 0 spiro atoms. The van der Waals surface area contributed by atoms with Gasteiger partial charge in [-0.3, -0.25) is 4.79 Å². The van der Waals surface area contributed by atoms with E-state index in [0.717, 1.165) is 48.6 Å². The minimum absolute atomic E-state index is 0.188. The Morgan fingerprint density at radius 2 is 2.00 bits per heavy atom. The van der Waals surface area contributed by atoms with Gasteiger partial charge >= 0.3 is 5.97 Å². The van der Waals surface area contributed by atoms with Crippen LogP contribution in [-0.2, 0) is 9.53 Å². The molecule has 0 amide bonds. The second-order valence-corrected chi connectivity index (χ2v) is 7.15. The molecule has 8 heteroatoms. The van der Waals surface area contributed by atoms with Crippen LogP contribution in [-0.4, -0.2) is 65.8 Å². The molecule has 1 aliphatic heterocycles. The van der Waals surface area contributed by atoms with Crippen LogP contribution in [0.3, 0.4) is 0 Å². The number of hydrogen-bond acceptors (Lipinski definition) is 6. The molecule has 1 N–H and O–H groups in total. The van der Waals surface area contributed by atoms with Gasteiger partial charge in [0.25, 0.3) is 0 Å². The number of hydrogen-bond donors (Lipinski definition) is 1. The van der Waals surface area contributed by atoms with Gasteiger partial charge in [0.05, 0.1) is 7.11 Å². The van der Waals surface area contributed by atoms with Gasteiger partial charge in [-0.05, 0) is 25.6 Å². The minimum atomic E-state index is -0.188. The molecule has 0 radical (unpaired) electrons. The van der Waals surface area contributed by atoms with Gasteiger partial charge in [-0.25, -0.2) is 9.97 Å². The highest BCUT2D eigenvalue weighted by Gasteiger charge is 2.21. The summed E-state index contributed by atoms with van der Waals surface area (Å²) in [6, 6.07) is 2.05. The molecule has 1 aromatic heterocycles. The highest BCUT2D eigenvalue weighted by atomic mass is 32.1. The number of methoxy groups -OCH3 is 1. The molecule has 26 heavy (non-hydrogen) atoms. The van der Waals surface area contributed by atoms with Crippen LogP contribution in [0.2, 0.25) is 0 Å². The Balaban J connectivity index is 1.81. The summed E-state index contributed by atoms with van der Waals surface area (Å²) in [7, 11) is 1.41. The molecule has 0 saturated carbocycles. The third kappa shape index (κ3) is 5.79. The van der Waals surface area contributed by atoms with Gasteiger partial charge in [0.2, 0.25) is 0 Å². The first-order chi connectivity index (χ1) is 12.4. The molecule has 0 bridgehead atoms. The number of rotatable bonds is 6. The summed E-state index contributed by atoms with van der Waals surface area (Å²) in [5.74, 6) is 2.02. The lowest BCUT2D eigenvalue weighted by atomic mass is 10.2. The molecule has 0 unspecified atom stereocenters. The fourth-order valence-electron chi connectivity index (χ4n) is 2.78. The molecule has 144 valence electrons. The van der Waals surface area contributed by atoms with Crippen LogP contribution in [0.15, 0.2) is 6.07 Å². The Morgan fingerprint density at radius 1 is 1.31 bits per heavy atom. The van der Waals surface area contributed by atoms with E-state index in [4.69, 9.17) is 17.2 Å². The Morgan fingerprint density at radius 3 is 2.62 bits per heavy atom. The first-order valence-corrected chi connectivity index (χ1v) is 9.51. The fourth-order valence-corrected chi connectivity index (χ4v) is 3.06. The van der Waals surface area contributed by atoms with E-state index in [1.54, 1.807) is 0 Å². The average Bonchev–Trinajstić information content (AvgIpc) is 2.64. The number of piperazine rings is 1. The third-order valence-corrected chi connectivity index (χ3v) is 4.73. The molecule has 2 heterocycles. The zero-order valence-electron chi connectivity index (χ0n) is 16.1. The van der Waals surface area contributed by atoms with Crippen molar-refractivity contribution in [3.8, 4) is 0 Å². The van der Waals surface area contributed by atoms with E-state index >= 15 is 0 Å². The third-order valence-electron chi connectivity index (χ3n) is 4.33. The van der Waals surface area contributed by atoms with Crippen LogP contribution < -0.4 is 10.2 Å². The molecule has 0 aromatic carbocycles. The molecule has 1 aromatic rings. The van der Waals surface area contributed by atoms with Crippen molar-refractivity contribution in [2.24, 2.45) is 0 Å². The number of aromatic nitrogens is 2. The van der Waals surface area contributed by atoms with E-state index in [-0.39, 0.29) is 5.97 Å². The molecule has 7 nitrogen and oxygen atoms in total. The van der Waals surface area contributed by atoms with E-state index in [1.807, 2.05) is 13.0 Å². The summed E-state index contributed by atoms with van der Waals surface area (Å²) in [6.07, 6.45) is 1.12. The smallest absolute Gasteiger partial charge is 0.305 e. The first kappa shape index (κ1) is 20.4. The number of nitrogens with zero attached hydrogens (tertiary/aromatic N) is 4. The predicted octanol–water partition coefficient (Wildman–Crippen LogP) is 1.86. The monoisotopic (exact) mass is 379 g/mol. The predicted molar refractivity (Wildman–Crippen MR) is 106 cm³/mol. The van der Waals surface area contributed by atoms with Crippen molar-refractivity contribution >= 4 is 29.1 Å². The average molecular weight is 380 g/mol. The number of anilines is 1. The van der Waals surface area contributed by atoms with Gasteiger partial charge in [-0.1, -0.05) is 13.8 Å². The van der Waals surface area contributed by atoms with Gasteiger partial charge in [-0.2, -0.15) is 0 Å². The van der Waals surface area contributed by atoms with Crippen molar-refractivity contribution in [3.05, 3.63) is 17.6 Å². The number of nitrogens with one attached hydrogen (secondary N) is 1. The van der Waals surface area contributed by atoms with E-state index in [9.17, 15) is 4.79 Å². The van der Waals surface area contributed by atoms with Crippen molar-refractivity contribution < 1.29 is 9.53 Å². The summed E-state index contributed by atoms with van der Waals surface area (Å²) in [6.45, 7) is 10.4. The van der Waals surface area contributed by atoms with Crippen molar-refractivity contribution in [1.82, 2.24) is 20.2 Å². The number of esters is 1. The molecular weight excluding hydrogens is 350 g/mol. The van der Waals surface area contributed by atoms with Crippen molar-refractivity contribution in [3.63, 3.8) is 0 Å². The van der Waals surface area contributed by atoms with E-state index in [0.29, 0.717) is 25.3 Å². The number of aryl methyl sites for hydroxylation is 1. The maximum absolute atomic E-state index is 11.1. The number of carbonyl (C=O) groups excluding carboxylic acids is 1. The van der Waals surface area contributed by atoms with Gasteiger partial charge in [0.15, 0.2) is 5.11 Å². The fraction of sp³-hybridized carbons (Fsp3) is 0.667. The summed E-state index contributed by atoms with van der Waals surface area (Å²) < 4.78 is 4.63. The van der Waals surface area contributed by atoms with Crippen LogP contribution >= 0.6 is 12.2 Å². The minimum Gasteiger partial charge on any atom is -0.469 e. The quantitative estimate of drug-likeness (QED) is 0.456. The van der Waals surface area contributed by atoms with E-state index < -0.39 is 0 Å². The Kier molecular flexibility index (Phi) is 7.56. The lowest BCUT2D eigenvalue weighted by Crippen LogP contribution is -2.52. The van der Waals surface area contributed by atoms with Crippen molar-refractivity contribution in [2.45, 2.75) is 39.5 Å². The summed E-state index contributed by atoms with van der Waals surface area (Å²) in [4.78, 5) is 24.8. The highest BCUT2D eigenvalue weighted by Crippen LogP contribution is 2.18. The zero-order chi connectivity index (χ0) is 19.1.